The molecule has 1 aliphatic heterocycles. The van der Waals surface area contributed by atoms with Crippen molar-refractivity contribution in [1.29, 1.82) is 0 Å². The van der Waals surface area contributed by atoms with Gasteiger partial charge in [0.25, 0.3) is 21.5 Å². The van der Waals surface area contributed by atoms with Gasteiger partial charge in [0.2, 0.25) is 11.5 Å². The van der Waals surface area contributed by atoms with Crippen LogP contribution < -0.4 is 14.2 Å². The van der Waals surface area contributed by atoms with E-state index in [1.165, 1.54) is 9.47 Å². The smallest absolute Gasteiger partial charge is 0.375 e. The zero-order valence-electron chi connectivity index (χ0n) is 25.7. The summed E-state index contributed by atoms with van der Waals surface area (Å²) in [7, 11) is -8.87. The Morgan fingerprint density at radius 1 is 0.907 bits per heavy atom. The van der Waals surface area contributed by atoms with Crippen molar-refractivity contribution in [2.75, 3.05) is 10.8 Å². The van der Waals surface area contributed by atoms with Crippen molar-refractivity contribution in [3.63, 3.8) is 0 Å². The third-order valence-corrected chi connectivity index (χ3v) is 9.57. The monoisotopic (exact) mass is 633 g/mol. The van der Waals surface area contributed by atoms with Gasteiger partial charge in [0.15, 0.2) is 11.6 Å². The lowest BCUT2D eigenvalue weighted by atomic mass is 9.82. The quantitative estimate of drug-likeness (QED) is 0.183. The molecule has 2 N–H and O–H groups in total. The molecule has 1 aliphatic rings. The van der Waals surface area contributed by atoms with Crippen molar-refractivity contribution >= 4 is 43.1 Å². The first-order valence-corrected chi connectivity index (χ1v) is 17.5. The zero-order valence-corrected chi connectivity index (χ0v) is 27.3. The second-order valence-electron chi connectivity index (χ2n) is 12.2. The Bertz CT molecular complexity index is 1820. The fourth-order valence-electron chi connectivity index (χ4n) is 4.82. The minimum absolute atomic E-state index is 0.173. The topological polar surface area (TPSA) is 138 Å². The summed E-state index contributed by atoms with van der Waals surface area (Å²) in [6.45, 7) is 14.4. The first-order chi connectivity index (χ1) is 19.9. The van der Waals surface area contributed by atoms with Crippen LogP contribution in [0.3, 0.4) is 0 Å². The molecule has 0 amide bonds. The summed E-state index contributed by atoms with van der Waals surface area (Å²) >= 11 is 0. The SMILES string of the molecule is CCC(=Cc1oc2ccc(C(C)(C)CC)cc2[n+]1CS(=O)(=O)O)C=C1Oc2ccc(C(C)(C)CC)cc2N1CS(=O)(=O)O. The van der Waals surface area contributed by atoms with Crippen LogP contribution in [0.1, 0.15) is 84.7 Å². The number of benzene rings is 2. The molecule has 10 nitrogen and oxygen atoms in total. The molecule has 0 unspecified atom stereocenters. The van der Waals surface area contributed by atoms with E-state index in [0.717, 1.165) is 24.0 Å². The predicted molar refractivity (Wildman–Crippen MR) is 167 cm³/mol. The van der Waals surface area contributed by atoms with Crippen molar-refractivity contribution in [2.24, 2.45) is 0 Å². The molecule has 234 valence electrons. The summed E-state index contributed by atoms with van der Waals surface area (Å²) in [6, 6.07) is 11.2. The number of fused-ring (bicyclic) bond motifs is 2. The Hall–Kier alpha value is -3.19. The van der Waals surface area contributed by atoms with E-state index < -0.39 is 32.0 Å². The molecule has 0 saturated heterocycles. The van der Waals surface area contributed by atoms with Crippen LogP contribution in [0.15, 0.2) is 58.3 Å². The zero-order chi connectivity index (χ0) is 32.0. The molecule has 0 radical (unpaired) electrons. The van der Waals surface area contributed by atoms with Crippen molar-refractivity contribution in [3.05, 3.63) is 70.9 Å². The number of allylic oxidation sites excluding steroid dienone is 2. The first-order valence-electron chi connectivity index (χ1n) is 14.3. The Balaban J connectivity index is 1.85. The van der Waals surface area contributed by atoms with Gasteiger partial charge in [-0.25, -0.2) is 0 Å². The standard InChI is InChI=1S/C31H40N2O8S2/c1-8-21(15-28-32(19-42(34,35)36)24-17-22(30(4,5)9-2)11-13-26(24)40-28)16-29-33(20-43(37,38)39)25-18-23(31(6,7)10-3)12-14-27(25)41-29/h11-18H,8-10,19-20H2,1-7H3,(H-,34,35,36,37,38,39)/p+1. The van der Waals surface area contributed by atoms with Gasteiger partial charge in [-0.1, -0.05) is 60.6 Å². The summed E-state index contributed by atoms with van der Waals surface area (Å²) in [4.78, 5) is 1.40. The Morgan fingerprint density at radius 2 is 1.51 bits per heavy atom. The molecule has 0 saturated carbocycles. The number of hydrogen-bond donors (Lipinski definition) is 2. The Labute approximate surface area is 254 Å². The highest BCUT2D eigenvalue weighted by atomic mass is 32.2. The molecule has 3 aromatic rings. The molecular formula is C31H41N2O8S2+. The van der Waals surface area contributed by atoms with Crippen LogP contribution in [0.25, 0.3) is 17.2 Å². The average Bonchev–Trinajstić information content (AvgIpc) is 3.42. The van der Waals surface area contributed by atoms with Crippen LogP contribution in [0.2, 0.25) is 0 Å². The molecule has 2 aromatic carbocycles. The van der Waals surface area contributed by atoms with E-state index in [4.69, 9.17) is 9.15 Å². The summed E-state index contributed by atoms with van der Waals surface area (Å²) in [6.07, 6.45) is 5.41. The van der Waals surface area contributed by atoms with Crippen LogP contribution in [-0.4, -0.2) is 31.8 Å². The summed E-state index contributed by atoms with van der Waals surface area (Å²) < 4.78 is 81.3. The third-order valence-electron chi connectivity index (χ3n) is 8.40. The molecular weight excluding hydrogens is 592 g/mol. The van der Waals surface area contributed by atoms with E-state index in [0.29, 0.717) is 34.5 Å². The van der Waals surface area contributed by atoms with Gasteiger partial charge in [-0.05, 0) is 65.0 Å². The third kappa shape index (κ3) is 7.31. The number of ether oxygens (including phenoxy) is 1. The maximum Gasteiger partial charge on any atom is 0.375 e. The largest absolute Gasteiger partial charge is 0.439 e. The molecule has 0 aliphatic carbocycles. The highest BCUT2D eigenvalue weighted by Gasteiger charge is 2.33. The number of hydrogen-bond acceptors (Lipinski definition) is 7. The predicted octanol–water partition coefficient (Wildman–Crippen LogP) is 6.32. The minimum atomic E-state index is -4.43. The second kappa shape index (κ2) is 11.7. The van der Waals surface area contributed by atoms with Crippen LogP contribution in [-0.2, 0) is 36.9 Å². The number of rotatable bonds is 11. The van der Waals surface area contributed by atoms with Crippen molar-refractivity contribution in [1.82, 2.24) is 0 Å². The van der Waals surface area contributed by atoms with Gasteiger partial charge in [0.05, 0.1) is 11.8 Å². The van der Waals surface area contributed by atoms with Gasteiger partial charge in [-0.2, -0.15) is 16.8 Å². The second-order valence-corrected chi connectivity index (χ2v) is 15.1. The van der Waals surface area contributed by atoms with Crippen molar-refractivity contribution < 1.29 is 39.7 Å². The number of anilines is 1. The Morgan fingerprint density at radius 3 is 2.07 bits per heavy atom. The van der Waals surface area contributed by atoms with Crippen molar-refractivity contribution in [2.45, 2.75) is 84.4 Å². The molecule has 1 aromatic heterocycles. The molecule has 43 heavy (non-hydrogen) atoms. The van der Waals surface area contributed by atoms with E-state index in [2.05, 4.69) is 41.5 Å². The van der Waals surface area contributed by atoms with Gasteiger partial charge in [-0.15, -0.1) is 4.57 Å². The number of nitrogens with zero attached hydrogens (tertiary/aromatic N) is 2. The van der Waals surface area contributed by atoms with E-state index in [1.54, 1.807) is 24.3 Å². The van der Waals surface area contributed by atoms with Gasteiger partial charge < -0.3 is 9.15 Å². The lowest BCUT2D eigenvalue weighted by Gasteiger charge is -2.24. The highest BCUT2D eigenvalue weighted by Crippen LogP contribution is 2.43. The summed E-state index contributed by atoms with van der Waals surface area (Å²) in [5.74, 6) is -0.643. The van der Waals surface area contributed by atoms with E-state index in [1.807, 2.05) is 31.2 Å². The van der Waals surface area contributed by atoms with E-state index in [9.17, 15) is 25.9 Å². The van der Waals surface area contributed by atoms with E-state index in [-0.39, 0.29) is 22.6 Å². The fourth-order valence-corrected chi connectivity index (χ4v) is 6.01. The average molecular weight is 634 g/mol. The minimum Gasteiger partial charge on any atom is -0.439 e. The molecule has 0 spiro atoms. The lowest BCUT2D eigenvalue weighted by molar-refractivity contribution is -0.658. The maximum atomic E-state index is 12.0. The van der Waals surface area contributed by atoms with Gasteiger partial charge in [0, 0.05) is 12.1 Å². The van der Waals surface area contributed by atoms with Crippen molar-refractivity contribution in [3.8, 4) is 5.75 Å². The van der Waals surface area contributed by atoms with Crippen LogP contribution in [0.4, 0.5) is 5.69 Å². The number of aromatic nitrogens is 1. The summed E-state index contributed by atoms with van der Waals surface area (Å²) in [5, 5.41) is 0. The lowest BCUT2D eigenvalue weighted by Crippen LogP contribution is -2.39. The highest BCUT2D eigenvalue weighted by molar-refractivity contribution is 7.85. The van der Waals surface area contributed by atoms with E-state index >= 15 is 0 Å². The fraction of sp³-hybridized carbons (Fsp3) is 0.452. The molecule has 0 atom stereocenters. The maximum absolute atomic E-state index is 12.0. The van der Waals surface area contributed by atoms with Gasteiger partial charge in [0.1, 0.15) is 0 Å². The van der Waals surface area contributed by atoms with Crippen LogP contribution >= 0.6 is 0 Å². The van der Waals surface area contributed by atoms with Crippen LogP contribution in [0.5, 0.6) is 5.75 Å². The molecule has 0 fully saturated rings. The van der Waals surface area contributed by atoms with Gasteiger partial charge in [-0.3, -0.25) is 14.0 Å². The molecule has 0 bridgehead atoms. The molecule has 12 heteroatoms. The summed E-state index contributed by atoms with van der Waals surface area (Å²) in [5.41, 5.74) is 3.71. The van der Waals surface area contributed by atoms with Gasteiger partial charge >= 0.3 is 16.0 Å². The van der Waals surface area contributed by atoms with Crippen LogP contribution in [0, 0.1) is 0 Å². The molecule has 2 heterocycles. The Kier molecular flexibility index (Phi) is 8.92. The first kappa shape index (κ1) is 32.7. The molecule has 4 rings (SSSR count). The normalized spacial score (nSPS) is 15.8. The number of oxazole rings is 1.